The van der Waals surface area contributed by atoms with Crippen LogP contribution in [0, 0.1) is 6.92 Å². The highest BCUT2D eigenvalue weighted by Gasteiger charge is 2.15. The number of fused-ring (bicyclic) bond motifs is 1. The minimum absolute atomic E-state index is 0.149. The monoisotopic (exact) mass is 357 g/mol. The van der Waals surface area contributed by atoms with Gasteiger partial charge in [-0.3, -0.25) is 0 Å². The van der Waals surface area contributed by atoms with Crippen molar-refractivity contribution in [3.05, 3.63) is 89.7 Å². The van der Waals surface area contributed by atoms with Gasteiger partial charge in [0.1, 0.15) is 5.75 Å². The predicted octanol–water partition coefficient (Wildman–Crippen LogP) is 4.89. The zero-order valence-corrected chi connectivity index (χ0v) is 15.6. The molecule has 2 N–H and O–H groups in total. The van der Waals surface area contributed by atoms with E-state index in [9.17, 15) is 5.11 Å². The van der Waals surface area contributed by atoms with E-state index < -0.39 is 0 Å². The van der Waals surface area contributed by atoms with Crippen LogP contribution in [0.1, 0.15) is 29.8 Å². The molecule has 0 fully saturated rings. The van der Waals surface area contributed by atoms with Gasteiger partial charge in [0.15, 0.2) is 0 Å². The molecule has 3 aromatic carbocycles. The number of nitrogens with one attached hydrogen (secondary N) is 1. The maximum Gasteiger partial charge on any atom is 0.115 e. The molecule has 4 heteroatoms. The summed E-state index contributed by atoms with van der Waals surface area (Å²) in [5.74, 6) is 0.293. The maximum atomic E-state index is 9.61. The summed E-state index contributed by atoms with van der Waals surface area (Å²) in [5, 5.41) is 20.2. The van der Waals surface area contributed by atoms with Gasteiger partial charge in [0.05, 0.1) is 11.9 Å². The van der Waals surface area contributed by atoms with Crippen LogP contribution in [0.25, 0.3) is 16.5 Å². The van der Waals surface area contributed by atoms with Crippen molar-refractivity contribution in [1.29, 1.82) is 0 Å². The Morgan fingerprint density at radius 2 is 1.81 bits per heavy atom. The molecule has 0 saturated heterocycles. The fraction of sp³-hybridized carbons (Fsp3) is 0.174. The minimum atomic E-state index is 0.149. The molecule has 1 heterocycles. The van der Waals surface area contributed by atoms with Gasteiger partial charge in [-0.25, -0.2) is 4.68 Å². The molecule has 0 aliphatic rings. The van der Waals surface area contributed by atoms with Crippen molar-refractivity contribution in [1.82, 2.24) is 15.1 Å². The van der Waals surface area contributed by atoms with Crippen molar-refractivity contribution >= 4 is 10.8 Å². The quantitative estimate of drug-likeness (QED) is 0.535. The second kappa shape index (κ2) is 7.25. The molecule has 0 aliphatic carbocycles. The average Bonchev–Trinajstić information content (AvgIpc) is 3.07. The van der Waals surface area contributed by atoms with Crippen molar-refractivity contribution in [3.8, 4) is 11.4 Å². The van der Waals surface area contributed by atoms with Crippen LogP contribution in [0.3, 0.4) is 0 Å². The molecule has 4 aromatic rings. The van der Waals surface area contributed by atoms with E-state index in [2.05, 4.69) is 66.7 Å². The van der Waals surface area contributed by atoms with Crippen molar-refractivity contribution in [2.45, 2.75) is 26.4 Å². The topological polar surface area (TPSA) is 50.1 Å². The van der Waals surface area contributed by atoms with E-state index in [1.165, 1.54) is 16.3 Å². The number of benzene rings is 3. The zero-order valence-electron chi connectivity index (χ0n) is 15.6. The number of rotatable bonds is 5. The van der Waals surface area contributed by atoms with Crippen LogP contribution in [-0.4, -0.2) is 14.9 Å². The lowest BCUT2D eigenvalue weighted by molar-refractivity contribution is 0.473. The summed E-state index contributed by atoms with van der Waals surface area (Å²) in [5.41, 5.74) is 4.45. The number of hydrogen-bond acceptors (Lipinski definition) is 3. The van der Waals surface area contributed by atoms with E-state index in [4.69, 9.17) is 0 Å². The third-order valence-electron chi connectivity index (χ3n) is 5.03. The Balaban J connectivity index is 1.60. The minimum Gasteiger partial charge on any atom is -0.508 e. The molecule has 4 rings (SSSR count). The van der Waals surface area contributed by atoms with Crippen LogP contribution in [0.15, 0.2) is 72.9 Å². The molecule has 27 heavy (non-hydrogen) atoms. The van der Waals surface area contributed by atoms with Crippen LogP contribution >= 0.6 is 0 Å². The van der Waals surface area contributed by atoms with Gasteiger partial charge in [-0.05, 0) is 43.0 Å². The fourth-order valence-electron chi connectivity index (χ4n) is 3.53. The maximum absolute atomic E-state index is 9.61. The molecule has 1 aromatic heterocycles. The molecule has 0 saturated carbocycles. The van der Waals surface area contributed by atoms with Crippen LogP contribution < -0.4 is 5.32 Å². The summed E-state index contributed by atoms with van der Waals surface area (Å²) in [6.07, 6.45) is 1.94. The highest BCUT2D eigenvalue weighted by atomic mass is 16.3. The molecule has 0 amide bonds. The van der Waals surface area contributed by atoms with Gasteiger partial charge in [-0.15, -0.1) is 0 Å². The number of aromatic hydroxyl groups is 1. The first-order valence-corrected chi connectivity index (χ1v) is 9.17. The van der Waals surface area contributed by atoms with E-state index in [0.717, 1.165) is 16.9 Å². The largest absolute Gasteiger partial charge is 0.508 e. The van der Waals surface area contributed by atoms with E-state index in [-0.39, 0.29) is 6.04 Å². The van der Waals surface area contributed by atoms with Crippen molar-refractivity contribution in [2.75, 3.05) is 0 Å². The Hall–Kier alpha value is -3.11. The Morgan fingerprint density at radius 3 is 2.67 bits per heavy atom. The first-order valence-electron chi connectivity index (χ1n) is 9.17. The summed E-state index contributed by atoms with van der Waals surface area (Å²) >= 11 is 0. The Bertz CT molecular complexity index is 1080. The fourth-order valence-corrected chi connectivity index (χ4v) is 3.53. The number of nitrogens with zero attached hydrogens (tertiary/aromatic N) is 2. The van der Waals surface area contributed by atoms with Gasteiger partial charge >= 0.3 is 0 Å². The first-order chi connectivity index (χ1) is 13.1. The third-order valence-corrected chi connectivity index (χ3v) is 5.03. The smallest absolute Gasteiger partial charge is 0.115 e. The van der Waals surface area contributed by atoms with Crippen molar-refractivity contribution < 1.29 is 5.11 Å². The van der Waals surface area contributed by atoms with Gasteiger partial charge < -0.3 is 10.4 Å². The number of hydrogen-bond donors (Lipinski definition) is 2. The summed E-state index contributed by atoms with van der Waals surface area (Å²) in [6, 6.07) is 22.2. The van der Waals surface area contributed by atoms with E-state index >= 15 is 0 Å². The van der Waals surface area contributed by atoms with Crippen LogP contribution in [-0.2, 0) is 6.54 Å². The Morgan fingerprint density at radius 1 is 1.04 bits per heavy atom. The normalized spacial score (nSPS) is 12.4. The first kappa shape index (κ1) is 17.3. The molecular weight excluding hydrogens is 334 g/mol. The lowest BCUT2D eigenvalue weighted by Crippen LogP contribution is -2.18. The molecule has 0 spiro atoms. The summed E-state index contributed by atoms with van der Waals surface area (Å²) in [4.78, 5) is 0. The van der Waals surface area contributed by atoms with Crippen LogP contribution in [0.5, 0.6) is 5.75 Å². The SMILES string of the molecule is Cc1c([C@@H](C)NCc2cccc(O)c2)cnn1-c1cccc2ccccc12. The molecule has 4 nitrogen and oxygen atoms in total. The van der Waals surface area contributed by atoms with Crippen LogP contribution in [0.2, 0.25) is 0 Å². The highest BCUT2D eigenvalue weighted by Crippen LogP contribution is 2.26. The number of phenolic OH excluding ortho intramolecular Hbond substituents is 1. The third kappa shape index (κ3) is 3.44. The van der Waals surface area contributed by atoms with Gasteiger partial charge in [0.2, 0.25) is 0 Å². The number of phenols is 1. The Kier molecular flexibility index (Phi) is 4.65. The summed E-state index contributed by atoms with van der Waals surface area (Å²) in [7, 11) is 0. The lowest BCUT2D eigenvalue weighted by Gasteiger charge is -2.15. The lowest BCUT2D eigenvalue weighted by atomic mass is 10.1. The second-order valence-electron chi connectivity index (χ2n) is 6.87. The molecule has 1 atom stereocenters. The van der Waals surface area contributed by atoms with Crippen molar-refractivity contribution in [3.63, 3.8) is 0 Å². The summed E-state index contributed by atoms with van der Waals surface area (Å²) < 4.78 is 2.02. The molecule has 0 bridgehead atoms. The van der Waals surface area contributed by atoms with Gasteiger partial charge in [-0.2, -0.15) is 5.10 Å². The standard InChI is InChI=1S/C23H23N3O/c1-16(24-14-18-7-5-10-20(27)13-18)22-15-25-26(17(22)2)23-12-6-9-19-8-3-4-11-21(19)23/h3-13,15-16,24,27H,14H2,1-2H3/t16-/m1/s1. The average molecular weight is 357 g/mol. The van der Waals surface area contributed by atoms with E-state index in [1.807, 2.05) is 23.0 Å². The van der Waals surface area contributed by atoms with Gasteiger partial charge in [0, 0.05) is 29.2 Å². The highest BCUT2D eigenvalue weighted by molar-refractivity contribution is 5.90. The molecule has 0 radical (unpaired) electrons. The zero-order chi connectivity index (χ0) is 18.8. The second-order valence-corrected chi connectivity index (χ2v) is 6.87. The molecule has 0 unspecified atom stereocenters. The van der Waals surface area contributed by atoms with Crippen LogP contribution in [0.4, 0.5) is 0 Å². The van der Waals surface area contributed by atoms with E-state index in [0.29, 0.717) is 12.3 Å². The predicted molar refractivity (Wildman–Crippen MR) is 109 cm³/mol. The number of aromatic nitrogens is 2. The van der Waals surface area contributed by atoms with Gasteiger partial charge in [0.25, 0.3) is 0 Å². The Labute approximate surface area is 159 Å². The summed E-state index contributed by atoms with van der Waals surface area (Å²) in [6.45, 7) is 4.94. The van der Waals surface area contributed by atoms with Crippen molar-refractivity contribution in [2.24, 2.45) is 0 Å². The molecular formula is C23H23N3O. The molecule has 136 valence electrons. The molecule has 0 aliphatic heterocycles. The van der Waals surface area contributed by atoms with E-state index in [1.54, 1.807) is 12.1 Å². The van der Waals surface area contributed by atoms with Gasteiger partial charge in [-0.1, -0.05) is 48.5 Å².